The molecule has 0 heterocycles. The van der Waals surface area contributed by atoms with Crippen molar-refractivity contribution in [1.82, 2.24) is 0 Å². The van der Waals surface area contributed by atoms with E-state index in [0.29, 0.717) is 0 Å². The van der Waals surface area contributed by atoms with Crippen LogP contribution in [-0.4, -0.2) is 68.8 Å². The molecular formula is C6H14MgN2O4S2. The van der Waals surface area contributed by atoms with Crippen LogP contribution in [0.3, 0.4) is 0 Å². The van der Waals surface area contributed by atoms with Crippen molar-refractivity contribution in [2.75, 3.05) is 11.5 Å². The molecule has 6 N–H and O–H groups in total. The molecule has 86 valence electrons. The number of hydrogen-bond donors (Lipinski definition) is 4. The second-order valence-corrected chi connectivity index (χ2v) is 5.01. The van der Waals surface area contributed by atoms with Gasteiger partial charge in [-0.3, -0.25) is 9.59 Å². The molecule has 0 radical (unpaired) electrons. The van der Waals surface area contributed by atoms with Crippen molar-refractivity contribution >= 4 is 56.6 Å². The van der Waals surface area contributed by atoms with Gasteiger partial charge in [-0.2, -0.15) is 0 Å². The Hall–Kier alpha value is 0.326. The summed E-state index contributed by atoms with van der Waals surface area (Å²) in [6, 6.07) is -1.85. The van der Waals surface area contributed by atoms with Crippen LogP contribution in [0.1, 0.15) is 0 Å². The van der Waals surface area contributed by atoms with Gasteiger partial charge in [-0.05, 0) is 0 Å². The highest BCUT2D eigenvalue weighted by atomic mass is 33.1. The minimum atomic E-state index is -1.07. The topological polar surface area (TPSA) is 127 Å². The lowest BCUT2D eigenvalue weighted by Crippen LogP contribution is -2.33. The number of carboxylic acids is 2. The van der Waals surface area contributed by atoms with Crippen molar-refractivity contribution < 1.29 is 19.8 Å². The van der Waals surface area contributed by atoms with Gasteiger partial charge in [0.05, 0.1) is 0 Å². The lowest BCUT2D eigenvalue weighted by molar-refractivity contribution is -0.138. The fraction of sp³-hybridized carbons (Fsp3) is 0.667. The third-order valence-corrected chi connectivity index (χ3v) is 3.69. The molecule has 0 aromatic rings. The van der Waals surface area contributed by atoms with Crippen LogP contribution in [0.25, 0.3) is 0 Å². The fourth-order valence-corrected chi connectivity index (χ4v) is 2.61. The summed E-state index contributed by atoms with van der Waals surface area (Å²) in [5.74, 6) is -1.68. The first kappa shape index (κ1) is 17.7. The largest absolute Gasteiger partial charge is 0.480 e. The number of carbonyl (C=O) groups is 2. The van der Waals surface area contributed by atoms with Gasteiger partial charge >= 0.3 is 35.0 Å². The molecule has 0 unspecified atom stereocenters. The first-order chi connectivity index (χ1) is 6.45. The SMILES string of the molecule is N[C@@H](CSSC[C@H](N)C(=O)O)C(=O)O.[MgH2]. The lowest BCUT2D eigenvalue weighted by atomic mass is 10.4. The monoisotopic (exact) mass is 266 g/mol. The van der Waals surface area contributed by atoms with Gasteiger partial charge < -0.3 is 21.7 Å². The zero-order chi connectivity index (χ0) is 11.1. The number of nitrogens with two attached hydrogens (primary N) is 2. The van der Waals surface area contributed by atoms with E-state index >= 15 is 0 Å². The van der Waals surface area contributed by atoms with Gasteiger partial charge in [-0.15, -0.1) is 0 Å². The quantitative estimate of drug-likeness (QED) is 0.243. The van der Waals surface area contributed by atoms with Gasteiger partial charge in [-0.25, -0.2) is 0 Å². The Bertz CT molecular complexity index is 197. The van der Waals surface area contributed by atoms with Crippen molar-refractivity contribution in [2.45, 2.75) is 12.1 Å². The van der Waals surface area contributed by atoms with Gasteiger partial charge in [0.15, 0.2) is 0 Å². The molecule has 2 atom stereocenters. The average Bonchev–Trinajstić information content (AvgIpc) is 2.11. The molecule has 0 amide bonds. The molecule has 0 bridgehead atoms. The highest BCUT2D eigenvalue weighted by Gasteiger charge is 2.14. The van der Waals surface area contributed by atoms with Crippen LogP contribution in [0.4, 0.5) is 0 Å². The molecule has 0 saturated carbocycles. The van der Waals surface area contributed by atoms with Gasteiger partial charge in [0.1, 0.15) is 12.1 Å². The van der Waals surface area contributed by atoms with Crippen LogP contribution < -0.4 is 11.5 Å². The van der Waals surface area contributed by atoms with Crippen molar-refractivity contribution in [3.05, 3.63) is 0 Å². The second kappa shape index (κ2) is 9.54. The number of rotatable bonds is 7. The number of carboxylic acid groups (broad SMARTS) is 2. The molecule has 0 spiro atoms. The Morgan fingerprint density at radius 3 is 1.47 bits per heavy atom. The normalized spacial score (nSPS) is 13.7. The lowest BCUT2D eigenvalue weighted by Gasteiger charge is -2.07. The van der Waals surface area contributed by atoms with Crippen molar-refractivity contribution in [1.29, 1.82) is 0 Å². The summed E-state index contributed by atoms with van der Waals surface area (Å²) in [6.07, 6.45) is 0. The number of aliphatic carboxylic acids is 2. The van der Waals surface area contributed by atoms with Gasteiger partial charge in [0.2, 0.25) is 0 Å². The molecule has 0 rings (SSSR count). The van der Waals surface area contributed by atoms with E-state index in [0.717, 1.165) is 0 Å². The third kappa shape index (κ3) is 9.27. The van der Waals surface area contributed by atoms with Crippen LogP contribution in [0.2, 0.25) is 0 Å². The summed E-state index contributed by atoms with van der Waals surface area (Å²) in [4.78, 5) is 20.5. The maximum atomic E-state index is 10.3. The van der Waals surface area contributed by atoms with Crippen molar-refractivity contribution in [2.24, 2.45) is 11.5 Å². The van der Waals surface area contributed by atoms with E-state index in [4.69, 9.17) is 21.7 Å². The average molecular weight is 267 g/mol. The summed E-state index contributed by atoms with van der Waals surface area (Å²) in [5, 5.41) is 16.8. The fourth-order valence-electron chi connectivity index (χ4n) is 0.385. The summed E-state index contributed by atoms with van der Waals surface area (Å²) >= 11 is 0. The Kier molecular flexibility index (Phi) is 11.3. The Morgan fingerprint density at radius 1 is 1.00 bits per heavy atom. The van der Waals surface area contributed by atoms with Gasteiger partial charge in [-0.1, -0.05) is 21.6 Å². The standard InChI is InChI=1S/C6H12N2O4S2.Mg.2H/c7-3(5(9)10)1-13-14-2-4(8)6(11)12;;;/h3-4H,1-2,7-8H2,(H,9,10)(H,11,12);;;/t3-,4-;;;/m0.../s1. The smallest absolute Gasteiger partial charge is 0.321 e. The molecule has 15 heavy (non-hydrogen) atoms. The predicted molar refractivity (Wildman–Crippen MR) is 64.7 cm³/mol. The first-order valence-corrected chi connectivity index (χ1v) is 6.15. The zero-order valence-electron chi connectivity index (χ0n) is 7.25. The first-order valence-electron chi connectivity index (χ1n) is 3.66. The maximum absolute atomic E-state index is 10.3. The van der Waals surface area contributed by atoms with E-state index in [9.17, 15) is 9.59 Å². The van der Waals surface area contributed by atoms with Crippen molar-refractivity contribution in [3.63, 3.8) is 0 Å². The minimum absolute atomic E-state index is 0. The van der Waals surface area contributed by atoms with Crippen LogP contribution in [-0.2, 0) is 9.59 Å². The molecule has 6 nitrogen and oxygen atoms in total. The van der Waals surface area contributed by atoms with E-state index in [1.165, 1.54) is 21.6 Å². The van der Waals surface area contributed by atoms with Gasteiger partial charge in [0, 0.05) is 11.5 Å². The molecule has 9 heteroatoms. The summed E-state index contributed by atoms with van der Waals surface area (Å²) in [7, 11) is 2.41. The van der Waals surface area contributed by atoms with Crippen molar-refractivity contribution in [3.8, 4) is 0 Å². The second-order valence-electron chi connectivity index (χ2n) is 2.46. The molecule has 0 aliphatic carbocycles. The maximum Gasteiger partial charge on any atom is 0.321 e. The predicted octanol–water partition coefficient (Wildman–Crippen LogP) is -1.72. The van der Waals surface area contributed by atoms with Crippen LogP contribution in [0, 0.1) is 0 Å². The van der Waals surface area contributed by atoms with Gasteiger partial charge in [0.25, 0.3) is 0 Å². The van der Waals surface area contributed by atoms with E-state index in [1.807, 2.05) is 0 Å². The Balaban J connectivity index is 0. The van der Waals surface area contributed by atoms with E-state index < -0.39 is 24.0 Å². The Morgan fingerprint density at radius 2 is 1.27 bits per heavy atom. The molecule has 0 aromatic heterocycles. The Labute approximate surface area is 111 Å². The van der Waals surface area contributed by atoms with E-state index in [2.05, 4.69) is 0 Å². The molecule has 0 aliphatic rings. The summed E-state index contributed by atoms with van der Waals surface area (Å²) in [6.45, 7) is 0. The molecule has 0 aromatic carbocycles. The zero-order valence-corrected chi connectivity index (χ0v) is 8.88. The van der Waals surface area contributed by atoms with Crippen LogP contribution in [0.5, 0.6) is 0 Å². The molecule has 0 saturated heterocycles. The minimum Gasteiger partial charge on any atom is -0.480 e. The van der Waals surface area contributed by atoms with E-state index in [1.54, 1.807) is 0 Å². The third-order valence-electron chi connectivity index (χ3n) is 1.21. The molecule has 0 fully saturated rings. The molecule has 0 aliphatic heterocycles. The van der Waals surface area contributed by atoms with Crippen LogP contribution >= 0.6 is 21.6 Å². The highest BCUT2D eigenvalue weighted by Crippen LogP contribution is 2.22. The summed E-state index contributed by atoms with van der Waals surface area (Å²) in [5.41, 5.74) is 10.4. The molecular weight excluding hydrogens is 253 g/mol. The number of hydrogen-bond acceptors (Lipinski definition) is 6. The highest BCUT2D eigenvalue weighted by molar-refractivity contribution is 8.76. The summed E-state index contributed by atoms with van der Waals surface area (Å²) < 4.78 is 0. The van der Waals surface area contributed by atoms with E-state index in [-0.39, 0.29) is 34.6 Å². The van der Waals surface area contributed by atoms with Crippen LogP contribution in [0.15, 0.2) is 0 Å².